The van der Waals surface area contributed by atoms with E-state index in [1.807, 2.05) is 6.07 Å². The second-order valence-corrected chi connectivity index (χ2v) is 7.53. The molecule has 0 spiro atoms. The predicted molar refractivity (Wildman–Crippen MR) is 112 cm³/mol. The minimum atomic E-state index is -0.351. The molecule has 0 unspecified atom stereocenters. The summed E-state index contributed by atoms with van der Waals surface area (Å²) >= 11 is 18.6. The summed E-state index contributed by atoms with van der Waals surface area (Å²) in [5, 5.41) is 3.97. The van der Waals surface area contributed by atoms with E-state index in [4.69, 9.17) is 44.3 Å². The molecule has 1 N–H and O–H groups in total. The van der Waals surface area contributed by atoms with E-state index in [0.29, 0.717) is 45.4 Å². The van der Waals surface area contributed by atoms with Gasteiger partial charge in [0.2, 0.25) is 0 Å². The monoisotopic (exact) mass is 443 g/mol. The molecule has 28 heavy (non-hydrogen) atoms. The Bertz CT molecular complexity index is 860. The van der Waals surface area contributed by atoms with Crippen molar-refractivity contribution in [1.82, 2.24) is 4.98 Å². The van der Waals surface area contributed by atoms with Gasteiger partial charge in [-0.15, -0.1) is 0 Å². The van der Waals surface area contributed by atoms with Crippen molar-refractivity contribution in [1.29, 1.82) is 0 Å². The molecule has 1 aliphatic heterocycles. The Hall–Kier alpha value is -1.73. The van der Waals surface area contributed by atoms with Crippen LogP contribution in [0.3, 0.4) is 0 Å². The smallest absolute Gasteiger partial charge is 0.262 e. The van der Waals surface area contributed by atoms with E-state index in [0.717, 1.165) is 18.8 Å². The van der Waals surface area contributed by atoms with Gasteiger partial charge in [0, 0.05) is 18.1 Å². The van der Waals surface area contributed by atoms with Crippen molar-refractivity contribution in [3.8, 4) is 5.75 Å². The van der Waals surface area contributed by atoms with Gasteiger partial charge in [0.1, 0.15) is 10.0 Å². The Morgan fingerprint density at radius 3 is 2.46 bits per heavy atom. The average molecular weight is 445 g/mol. The highest BCUT2D eigenvalue weighted by Gasteiger charge is 2.19. The molecule has 1 saturated heterocycles. The second kappa shape index (κ2) is 9.18. The predicted octanol–water partition coefficient (Wildman–Crippen LogP) is 4.51. The fraction of sp³-hybridized carbons (Fsp3) is 0.368. The third-order valence-corrected chi connectivity index (χ3v) is 5.43. The van der Waals surface area contributed by atoms with E-state index in [-0.39, 0.29) is 18.3 Å². The molecule has 1 aliphatic rings. The number of anilines is 2. The molecule has 1 aromatic carbocycles. The third-order valence-electron chi connectivity index (χ3n) is 4.30. The first kappa shape index (κ1) is 21.0. The van der Waals surface area contributed by atoms with Crippen LogP contribution in [0.15, 0.2) is 18.2 Å². The van der Waals surface area contributed by atoms with Gasteiger partial charge in [-0.2, -0.15) is 0 Å². The molecule has 0 saturated carbocycles. The van der Waals surface area contributed by atoms with Gasteiger partial charge in [0.15, 0.2) is 12.4 Å². The van der Waals surface area contributed by atoms with E-state index in [2.05, 4.69) is 15.2 Å². The zero-order valence-electron chi connectivity index (χ0n) is 15.5. The summed E-state index contributed by atoms with van der Waals surface area (Å²) < 4.78 is 11.0. The topological polar surface area (TPSA) is 63.7 Å². The molecule has 2 aromatic rings. The van der Waals surface area contributed by atoms with E-state index in [9.17, 15) is 4.79 Å². The van der Waals surface area contributed by atoms with Gasteiger partial charge in [-0.25, -0.2) is 0 Å². The Labute approximate surface area is 178 Å². The van der Waals surface area contributed by atoms with Gasteiger partial charge in [0.25, 0.3) is 5.91 Å². The maximum atomic E-state index is 12.5. The number of hydrogen-bond donors (Lipinski definition) is 1. The molecule has 0 atom stereocenters. The Morgan fingerprint density at radius 2 is 1.82 bits per heavy atom. The summed E-state index contributed by atoms with van der Waals surface area (Å²) in [6, 6.07) is 5.39. The fourth-order valence-corrected chi connectivity index (χ4v) is 3.52. The number of pyridine rings is 1. The van der Waals surface area contributed by atoms with Gasteiger partial charge in [0.05, 0.1) is 36.0 Å². The average Bonchev–Trinajstić information content (AvgIpc) is 2.67. The summed E-state index contributed by atoms with van der Waals surface area (Å²) in [4.78, 5) is 18.9. The summed E-state index contributed by atoms with van der Waals surface area (Å²) in [5.74, 6) is -0.0981. The van der Waals surface area contributed by atoms with Crippen LogP contribution in [-0.2, 0) is 9.53 Å². The number of nitrogens with one attached hydrogen (secondary N) is 1. The number of aryl methyl sites for hydroxylation is 2. The molecule has 9 heteroatoms. The van der Waals surface area contributed by atoms with Crippen LogP contribution >= 0.6 is 34.8 Å². The largest absolute Gasteiger partial charge is 0.480 e. The Kier molecular flexibility index (Phi) is 6.88. The van der Waals surface area contributed by atoms with Crippen LogP contribution in [0, 0.1) is 13.8 Å². The fourth-order valence-electron chi connectivity index (χ4n) is 2.91. The Balaban J connectivity index is 1.73. The van der Waals surface area contributed by atoms with Crippen molar-refractivity contribution in [3.63, 3.8) is 0 Å². The molecular formula is C19H20Cl3N3O3. The van der Waals surface area contributed by atoms with Crippen molar-refractivity contribution in [2.45, 2.75) is 13.8 Å². The number of ether oxygens (including phenoxy) is 2. The lowest BCUT2D eigenvalue weighted by Crippen LogP contribution is -2.37. The molecule has 0 bridgehead atoms. The van der Waals surface area contributed by atoms with E-state index >= 15 is 0 Å². The lowest BCUT2D eigenvalue weighted by Gasteiger charge is -2.30. The van der Waals surface area contributed by atoms with Crippen LogP contribution in [0.1, 0.15) is 11.4 Å². The van der Waals surface area contributed by atoms with Gasteiger partial charge in [-0.05, 0) is 32.0 Å². The number of aromatic nitrogens is 1. The lowest BCUT2D eigenvalue weighted by atomic mass is 10.2. The number of carbonyl (C=O) groups is 1. The molecule has 2 heterocycles. The molecular weight excluding hydrogens is 425 g/mol. The second-order valence-electron chi connectivity index (χ2n) is 6.34. The lowest BCUT2D eigenvalue weighted by molar-refractivity contribution is -0.118. The van der Waals surface area contributed by atoms with Crippen molar-refractivity contribution in [3.05, 3.63) is 44.7 Å². The summed E-state index contributed by atoms with van der Waals surface area (Å²) in [5.41, 5.74) is 2.67. The molecule has 6 nitrogen and oxygen atoms in total. The van der Waals surface area contributed by atoms with Crippen LogP contribution in [0.2, 0.25) is 15.1 Å². The SMILES string of the molecule is Cc1nc(C)c(Cl)c(OCC(=O)Nc2cc(Cl)ccc2N2CCOCC2)c1Cl. The number of nitrogens with zero attached hydrogens (tertiary/aromatic N) is 2. The number of amides is 1. The third kappa shape index (κ3) is 4.81. The van der Waals surface area contributed by atoms with E-state index in [1.165, 1.54) is 0 Å². The highest BCUT2D eigenvalue weighted by atomic mass is 35.5. The number of halogens is 3. The van der Waals surface area contributed by atoms with Crippen LogP contribution in [0.4, 0.5) is 11.4 Å². The van der Waals surface area contributed by atoms with E-state index < -0.39 is 0 Å². The zero-order valence-corrected chi connectivity index (χ0v) is 17.8. The number of morpholine rings is 1. The van der Waals surface area contributed by atoms with Gasteiger partial charge in [-0.1, -0.05) is 34.8 Å². The van der Waals surface area contributed by atoms with Crippen molar-refractivity contribution >= 4 is 52.1 Å². The maximum Gasteiger partial charge on any atom is 0.262 e. The standard InChI is InChI=1S/C19H20Cl3N3O3/c1-11-17(21)19(18(22)12(2)23-11)28-10-16(26)24-14-9-13(20)3-4-15(14)25-5-7-27-8-6-25/h3-4,9H,5-8,10H2,1-2H3,(H,24,26). The zero-order chi connectivity index (χ0) is 20.3. The maximum absolute atomic E-state index is 12.5. The number of hydrogen-bond acceptors (Lipinski definition) is 5. The highest BCUT2D eigenvalue weighted by Crippen LogP contribution is 2.36. The van der Waals surface area contributed by atoms with Crippen LogP contribution in [0.25, 0.3) is 0 Å². The van der Waals surface area contributed by atoms with Gasteiger partial charge < -0.3 is 19.7 Å². The minimum Gasteiger partial charge on any atom is -0.480 e. The van der Waals surface area contributed by atoms with Crippen LogP contribution in [-0.4, -0.2) is 43.8 Å². The van der Waals surface area contributed by atoms with Crippen LogP contribution < -0.4 is 15.0 Å². The summed E-state index contributed by atoms with van der Waals surface area (Å²) in [6.07, 6.45) is 0. The summed E-state index contributed by atoms with van der Waals surface area (Å²) in [7, 11) is 0. The van der Waals surface area contributed by atoms with Crippen LogP contribution in [0.5, 0.6) is 5.75 Å². The normalized spacial score (nSPS) is 14.1. The molecule has 1 fully saturated rings. The van der Waals surface area contributed by atoms with Crippen molar-refractivity contribution in [2.24, 2.45) is 0 Å². The molecule has 150 valence electrons. The first-order chi connectivity index (χ1) is 13.4. The quantitative estimate of drug-likeness (QED) is 0.735. The Morgan fingerprint density at radius 1 is 1.18 bits per heavy atom. The highest BCUT2D eigenvalue weighted by molar-refractivity contribution is 6.37. The van der Waals surface area contributed by atoms with Gasteiger partial charge in [-0.3, -0.25) is 9.78 Å². The molecule has 3 rings (SSSR count). The molecule has 0 aliphatic carbocycles. The first-order valence-electron chi connectivity index (χ1n) is 8.74. The number of benzene rings is 1. The van der Waals surface area contributed by atoms with Gasteiger partial charge >= 0.3 is 0 Å². The minimum absolute atomic E-state index is 0.253. The molecule has 1 amide bonds. The first-order valence-corrected chi connectivity index (χ1v) is 9.87. The van der Waals surface area contributed by atoms with E-state index in [1.54, 1.807) is 26.0 Å². The van der Waals surface area contributed by atoms with Crippen molar-refractivity contribution in [2.75, 3.05) is 43.1 Å². The molecule has 0 radical (unpaired) electrons. The molecule has 1 aromatic heterocycles. The summed E-state index contributed by atoms with van der Waals surface area (Å²) in [6.45, 7) is 5.99. The van der Waals surface area contributed by atoms with Crippen molar-refractivity contribution < 1.29 is 14.3 Å². The number of rotatable bonds is 5. The number of carbonyl (C=O) groups excluding carboxylic acids is 1.